The SMILES string of the molecule is Cc1ccc2nc3ccc(C)cc3cc2c1. The quantitative estimate of drug-likeness (QED) is 0.508. The number of hydrogen-bond donors (Lipinski definition) is 0. The van der Waals surface area contributed by atoms with Crippen molar-refractivity contribution in [2.45, 2.75) is 13.8 Å². The van der Waals surface area contributed by atoms with E-state index in [9.17, 15) is 0 Å². The van der Waals surface area contributed by atoms with Crippen LogP contribution in [0, 0.1) is 13.8 Å². The topological polar surface area (TPSA) is 12.9 Å². The minimum Gasteiger partial charge on any atom is -0.248 e. The molecule has 0 unspecified atom stereocenters. The zero-order chi connectivity index (χ0) is 11.1. The monoisotopic (exact) mass is 207 g/mol. The lowest BCUT2D eigenvalue weighted by molar-refractivity contribution is 1.43. The van der Waals surface area contributed by atoms with Crippen molar-refractivity contribution in [1.29, 1.82) is 0 Å². The van der Waals surface area contributed by atoms with Crippen molar-refractivity contribution >= 4 is 21.8 Å². The summed E-state index contributed by atoms with van der Waals surface area (Å²) < 4.78 is 0. The Labute approximate surface area is 94.7 Å². The van der Waals surface area contributed by atoms with Crippen LogP contribution < -0.4 is 0 Å². The van der Waals surface area contributed by atoms with Crippen molar-refractivity contribution < 1.29 is 0 Å². The molecule has 3 aromatic rings. The third-order valence-electron chi connectivity index (χ3n) is 2.92. The molecule has 16 heavy (non-hydrogen) atoms. The van der Waals surface area contributed by atoms with Gasteiger partial charge in [-0.25, -0.2) is 4.98 Å². The van der Waals surface area contributed by atoms with E-state index in [0.29, 0.717) is 0 Å². The molecule has 0 aliphatic rings. The second-order valence-electron chi connectivity index (χ2n) is 4.38. The molecular formula is C15H13N. The molecule has 0 aliphatic carbocycles. The van der Waals surface area contributed by atoms with Crippen LogP contribution in [0.1, 0.15) is 11.1 Å². The van der Waals surface area contributed by atoms with Crippen LogP contribution >= 0.6 is 0 Å². The Balaban J connectivity index is 2.44. The van der Waals surface area contributed by atoms with Crippen LogP contribution in [0.4, 0.5) is 0 Å². The highest BCUT2D eigenvalue weighted by atomic mass is 14.7. The normalized spacial score (nSPS) is 11.1. The average Bonchev–Trinajstić information content (AvgIpc) is 2.26. The molecule has 0 fully saturated rings. The van der Waals surface area contributed by atoms with Crippen LogP contribution in [-0.4, -0.2) is 4.98 Å². The van der Waals surface area contributed by atoms with Gasteiger partial charge in [0, 0.05) is 10.8 Å². The van der Waals surface area contributed by atoms with Crippen molar-refractivity contribution in [2.75, 3.05) is 0 Å². The van der Waals surface area contributed by atoms with E-state index in [-0.39, 0.29) is 0 Å². The molecular weight excluding hydrogens is 194 g/mol. The molecule has 0 radical (unpaired) electrons. The smallest absolute Gasteiger partial charge is 0.0709 e. The zero-order valence-electron chi connectivity index (χ0n) is 9.49. The number of aromatic nitrogens is 1. The fourth-order valence-corrected chi connectivity index (χ4v) is 2.08. The Hall–Kier alpha value is -1.89. The molecule has 1 nitrogen and oxygen atoms in total. The molecule has 0 spiro atoms. The van der Waals surface area contributed by atoms with Crippen LogP contribution in [0.15, 0.2) is 42.5 Å². The lowest BCUT2D eigenvalue weighted by Crippen LogP contribution is -1.84. The van der Waals surface area contributed by atoms with E-state index >= 15 is 0 Å². The van der Waals surface area contributed by atoms with E-state index in [4.69, 9.17) is 0 Å². The molecule has 0 saturated heterocycles. The second kappa shape index (κ2) is 3.31. The van der Waals surface area contributed by atoms with Gasteiger partial charge in [0.05, 0.1) is 11.0 Å². The van der Waals surface area contributed by atoms with Gasteiger partial charge in [0.2, 0.25) is 0 Å². The lowest BCUT2D eigenvalue weighted by atomic mass is 10.1. The molecule has 1 aromatic heterocycles. The number of fused-ring (bicyclic) bond motifs is 2. The molecule has 2 aromatic carbocycles. The Morgan fingerprint density at radius 2 is 1.19 bits per heavy atom. The lowest BCUT2D eigenvalue weighted by Gasteiger charge is -2.03. The predicted octanol–water partition coefficient (Wildman–Crippen LogP) is 4.00. The maximum Gasteiger partial charge on any atom is 0.0709 e. The van der Waals surface area contributed by atoms with Gasteiger partial charge in [-0.15, -0.1) is 0 Å². The van der Waals surface area contributed by atoms with Gasteiger partial charge in [-0.3, -0.25) is 0 Å². The van der Waals surface area contributed by atoms with Crippen LogP contribution in [-0.2, 0) is 0 Å². The minimum absolute atomic E-state index is 1.07. The number of benzene rings is 2. The van der Waals surface area contributed by atoms with E-state index in [1.165, 1.54) is 21.9 Å². The van der Waals surface area contributed by atoms with Gasteiger partial charge in [0.25, 0.3) is 0 Å². The van der Waals surface area contributed by atoms with E-state index < -0.39 is 0 Å². The van der Waals surface area contributed by atoms with E-state index in [1.54, 1.807) is 0 Å². The number of pyridine rings is 1. The Morgan fingerprint density at radius 1 is 0.688 bits per heavy atom. The van der Waals surface area contributed by atoms with Crippen LogP contribution in [0.2, 0.25) is 0 Å². The first-order chi connectivity index (χ1) is 7.72. The van der Waals surface area contributed by atoms with Gasteiger partial charge in [-0.2, -0.15) is 0 Å². The Morgan fingerprint density at radius 3 is 1.69 bits per heavy atom. The maximum absolute atomic E-state index is 4.66. The van der Waals surface area contributed by atoms with Gasteiger partial charge in [0.1, 0.15) is 0 Å². The van der Waals surface area contributed by atoms with Crippen LogP contribution in [0.25, 0.3) is 21.8 Å². The first-order valence-electron chi connectivity index (χ1n) is 5.50. The number of hydrogen-bond acceptors (Lipinski definition) is 1. The van der Waals surface area contributed by atoms with Crippen molar-refractivity contribution in [1.82, 2.24) is 4.98 Å². The maximum atomic E-state index is 4.66. The highest BCUT2D eigenvalue weighted by molar-refractivity contribution is 5.93. The summed E-state index contributed by atoms with van der Waals surface area (Å²) in [5.74, 6) is 0. The molecule has 0 bridgehead atoms. The third-order valence-corrected chi connectivity index (χ3v) is 2.92. The highest BCUT2D eigenvalue weighted by Gasteiger charge is 1.99. The first-order valence-corrected chi connectivity index (χ1v) is 5.50. The molecule has 1 heteroatoms. The van der Waals surface area contributed by atoms with Crippen LogP contribution in [0.5, 0.6) is 0 Å². The summed E-state index contributed by atoms with van der Waals surface area (Å²) in [6.45, 7) is 4.22. The zero-order valence-corrected chi connectivity index (χ0v) is 9.49. The molecule has 78 valence electrons. The number of rotatable bonds is 0. The molecule has 0 atom stereocenters. The standard InChI is InChI=1S/C15H13N/c1-10-3-5-14-12(7-10)9-13-8-11(2)4-6-15(13)16-14/h3-9H,1-2H3. The predicted molar refractivity (Wildman–Crippen MR) is 68.7 cm³/mol. The van der Waals surface area contributed by atoms with Crippen molar-refractivity contribution in [3.63, 3.8) is 0 Å². The highest BCUT2D eigenvalue weighted by Crippen LogP contribution is 2.21. The van der Waals surface area contributed by atoms with E-state index in [2.05, 4.69) is 61.3 Å². The van der Waals surface area contributed by atoms with Crippen molar-refractivity contribution in [3.8, 4) is 0 Å². The summed E-state index contributed by atoms with van der Waals surface area (Å²) in [6, 6.07) is 15.0. The van der Waals surface area contributed by atoms with E-state index in [0.717, 1.165) is 11.0 Å². The van der Waals surface area contributed by atoms with Crippen molar-refractivity contribution in [2.24, 2.45) is 0 Å². The fraction of sp³-hybridized carbons (Fsp3) is 0.133. The summed E-state index contributed by atoms with van der Waals surface area (Å²) in [5.41, 5.74) is 4.70. The minimum atomic E-state index is 1.07. The van der Waals surface area contributed by atoms with Crippen LogP contribution in [0.3, 0.4) is 0 Å². The number of nitrogens with zero attached hydrogens (tertiary/aromatic N) is 1. The summed E-state index contributed by atoms with van der Waals surface area (Å²) in [5, 5.41) is 2.44. The Kier molecular flexibility index (Phi) is 1.93. The second-order valence-corrected chi connectivity index (χ2v) is 4.38. The summed E-state index contributed by atoms with van der Waals surface area (Å²) in [7, 11) is 0. The molecule has 1 heterocycles. The van der Waals surface area contributed by atoms with Crippen molar-refractivity contribution in [3.05, 3.63) is 53.6 Å². The fourth-order valence-electron chi connectivity index (χ4n) is 2.08. The Bertz CT molecular complexity index is 626. The largest absolute Gasteiger partial charge is 0.248 e. The summed E-state index contributed by atoms with van der Waals surface area (Å²) >= 11 is 0. The van der Waals surface area contributed by atoms with Gasteiger partial charge in [-0.05, 0) is 44.2 Å². The van der Waals surface area contributed by atoms with Gasteiger partial charge < -0.3 is 0 Å². The van der Waals surface area contributed by atoms with Gasteiger partial charge in [0.15, 0.2) is 0 Å². The molecule has 0 N–H and O–H groups in total. The van der Waals surface area contributed by atoms with Gasteiger partial charge >= 0.3 is 0 Å². The molecule has 0 aliphatic heterocycles. The average molecular weight is 207 g/mol. The summed E-state index contributed by atoms with van der Waals surface area (Å²) in [4.78, 5) is 4.66. The third kappa shape index (κ3) is 1.45. The molecule has 0 saturated carbocycles. The summed E-state index contributed by atoms with van der Waals surface area (Å²) in [6.07, 6.45) is 0. The first kappa shape index (κ1) is 9.34. The number of aryl methyl sites for hydroxylation is 2. The van der Waals surface area contributed by atoms with E-state index in [1.807, 2.05) is 0 Å². The van der Waals surface area contributed by atoms with Gasteiger partial charge in [-0.1, -0.05) is 23.3 Å². The molecule has 3 rings (SSSR count). The molecule has 0 amide bonds.